The molecule has 0 fully saturated rings. The van der Waals surface area contributed by atoms with E-state index in [1.54, 1.807) is 0 Å². The second-order valence-corrected chi connectivity index (χ2v) is 3.60. The highest BCUT2D eigenvalue weighted by molar-refractivity contribution is 5.24. The summed E-state index contributed by atoms with van der Waals surface area (Å²) in [4.78, 5) is 0. The number of hydrogen-bond acceptors (Lipinski definition) is 2. The maximum Gasteiger partial charge on any atom is 0.0728 e. The van der Waals surface area contributed by atoms with Crippen molar-refractivity contribution in [2.24, 2.45) is 0 Å². The summed E-state index contributed by atoms with van der Waals surface area (Å²) in [5, 5.41) is 6.61. The lowest BCUT2D eigenvalue weighted by Gasteiger charge is -2.12. The third-order valence-corrected chi connectivity index (χ3v) is 2.32. The highest BCUT2D eigenvalue weighted by Crippen LogP contribution is 1.98. The Bertz CT molecular complexity index is 222. The molecule has 0 aromatic carbocycles. The zero-order chi connectivity index (χ0) is 10.1. The molecular weight excluding hydrogens is 172 g/mol. The molecule has 0 aromatic rings. The topological polar surface area (TPSA) is 24.1 Å². The van der Waals surface area contributed by atoms with Crippen molar-refractivity contribution in [2.75, 3.05) is 20.1 Å². The van der Waals surface area contributed by atoms with Crippen molar-refractivity contribution in [3.05, 3.63) is 12.2 Å². The third kappa shape index (κ3) is 5.06. The fourth-order valence-corrected chi connectivity index (χ4v) is 1.48. The van der Waals surface area contributed by atoms with E-state index in [9.17, 15) is 0 Å². The van der Waals surface area contributed by atoms with E-state index < -0.39 is 0 Å². The summed E-state index contributed by atoms with van der Waals surface area (Å²) in [6, 6.07) is 0.393. The van der Waals surface area contributed by atoms with Gasteiger partial charge in [-0.1, -0.05) is 24.3 Å². The minimum Gasteiger partial charge on any atom is -0.320 e. The van der Waals surface area contributed by atoms with Gasteiger partial charge in [-0.15, -0.1) is 0 Å². The first-order valence-electron chi connectivity index (χ1n) is 5.47. The standard InChI is InChI=1S/C12H20N2/c1-13-10-6-3-7-11-14-12-8-4-2-5-9-12/h2,4,12-14H,3,6-8,10-11H2,1H3. The molecule has 0 spiro atoms. The van der Waals surface area contributed by atoms with Crippen LogP contribution in [0.2, 0.25) is 0 Å². The molecule has 0 saturated heterocycles. The number of rotatable bonds is 7. The van der Waals surface area contributed by atoms with Gasteiger partial charge in [0.25, 0.3) is 0 Å². The van der Waals surface area contributed by atoms with Crippen molar-refractivity contribution < 1.29 is 0 Å². The van der Waals surface area contributed by atoms with Gasteiger partial charge in [-0.2, -0.15) is 0 Å². The van der Waals surface area contributed by atoms with Gasteiger partial charge in [0.05, 0.1) is 6.04 Å². The van der Waals surface area contributed by atoms with E-state index >= 15 is 0 Å². The van der Waals surface area contributed by atoms with E-state index in [1.165, 1.54) is 19.3 Å². The molecule has 0 radical (unpaired) electrons. The van der Waals surface area contributed by atoms with E-state index in [1.807, 2.05) is 13.1 Å². The van der Waals surface area contributed by atoms with Crippen LogP contribution in [-0.2, 0) is 0 Å². The molecule has 0 aliphatic heterocycles. The summed E-state index contributed by atoms with van der Waals surface area (Å²) in [5.74, 6) is 6.15. The van der Waals surface area contributed by atoms with Crippen LogP contribution in [0.5, 0.6) is 0 Å². The highest BCUT2D eigenvalue weighted by atomic mass is 14.9. The Morgan fingerprint density at radius 2 is 2.14 bits per heavy atom. The smallest absolute Gasteiger partial charge is 0.0728 e. The molecule has 78 valence electrons. The second-order valence-electron chi connectivity index (χ2n) is 3.60. The summed E-state index contributed by atoms with van der Waals surface area (Å²) in [7, 11) is 2.00. The molecule has 0 saturated carbocycles. The number of hydrogen-bond donors (Lipinski definition) is 2. The van der Waals surface area contributed by atoms with Crippen LogP contribution in [0, 0.1) is 11.8 Å². The average Bonchev–Trinajstić information content (AvgIpc) is 2.25. The Hall–Kier alpha value is -0.780. The average molecular weight is 192 g/mol. The quantitative estimate of drug-likeness (QED) is 0.469. The summed E-state index contributed by atoms with van der Waals surface area (Å²) in [5.41, 5.74) is 0. The Kier molecular flexibility index (Phi) is 6.14. The normalized spacial score (nSPS) is 19.1. The molecule has 2 heteroatoms. The van der Waals surface area contributed by atoms with Gasteiger partial charge in [0.1, 0.15) is 0 Å². The van der Waals surface area contributed by atoms with Crippen LogP contribution in [0.25, 0.3) is 0 Å². The molecular formula is C12H20N2. The maximum absolute atomic E-state index is 3.45. The van der Waals surface area contributed by atoms with Gasteiger partial charge in [-0.25, -0.2) is 0 Å². The molecule has 2 nitrogen and oxygen atoms in total. The van der Waals surface area contributed by atoms with Crippen LogP contribution in [0.15, 0.2) is 12.2 Å². The first-order valence-corrected chi connectivity index (χ1v) is 5.47. The molecule has 1 atom stereocenters. The molecule has 0 bridgehead atoms. The number of unbranched alkanes of at least 4 members (excludes halogenated alkanes) is 2. The van der Waals surface area contributed by atoms with E-state index in [4.69, 9.17) is 0 Å². The predicted octanol–water partition coefficient (Wildman–Crippen LogP) is 1.30. The monoisotopic (exact) mass is 192 g/mol. The lowest BCUT2D eigenvalue weighted by molar-refractivity contribution is 0.557. The summed E-state index contributed by atoms with van der Waals surface area (Å²) >= 11 is 0. The zero-order valence-electron chi connectivity index (χ0n) is 8.97. The Labute approximate surface area is 87.2 Å². The van der Waals surface area contributed by atoms with Gasteiger partial charge in [-0.3, -0.25) is 0 Å². The van der Waals surface area contributed by atoms with Crippen molar-refractivity contribution in [2.45, 2.75) is 31.7 Å². The van der Waals surface area contributed by atoms with Gasteiger partial charge in [0, 0.05) is 0 Å². The minimum atomic E-state index is 0.393. The molecule has 0 aromatic heterocycles. The number of allylic oxidation sites excluding steroid dienone is 1. The Morgan fingerprint density at radius 3 is 2.86 bits per heavy atom. The van der Waals surface area contributed by atoms with Crippen LogP contribution in [0.3, 0.4) is 0 Å². The van der Waals surface area contributed by atoms with Crippen LogP contribution in [0.4, 0.5) is 0 Å². The van der Waals surface area contributed by atoms with E-state index in [2.05, 4.69) is 28.6 Å². The van der Waals surface area contributed by atoms with Gasteiger partial charge in [0.15, 0.2) is 0 Å². The fourth-order valence-electron chi connectivity index (χ4n) is 1.48. The summed E-state index contributed by atoms with van der Waals surface area (Å²) in [6.07, 6.45) is 8.95. The van der Waals surface area contributed by atoms with E-state index in [0.29, 0.717) is 6.04 Å². The van der Waals surface area contributed by atoms with E-state index in [-0.39, 0.29) is 0 Å². The zero-order valence-corrected chi connectivity index (χ0v) is 8.97. The first kappa shape index (κ1) is 11.3. The lowest BCUT2D eigenvalue weighted by atomic mass is 10.1. The van der Waals surface area contributed by atoms with Crippen LogP contribution in [0.1, 0.15) is 25.7 Å². The predicted molar refractivity (Wildman–Crippen MR) is 61.1 cm³/mol. The van der Waals surface area contributed by atoms with Gasteiger partial charge < -0.3 is 10.6 Å². The maximum atomic E-state index is 3.45. The lowest BCUT2D eigenvalue weighted by Crippen LogP contribution is -2.28. The van der Waals surface area contributed by atoms with Crippen molar-refractivity contribution in [3.8, 4) is 11.8 Å². The molecule has 1 aliphatic carbocycles. The van der Waals surface area contributed by atoms with Gasteiger partial charge in [-0.05, 0) is 45.5 Å². The third-order valence-electron chi connectivity index (χ3n) is 2.32. The number of nitrogens with one attached hydrogen (secondary N) is 2. The summed E-state index contributed by atoms with van der Waals surface area (Å²) in [6.45, 7) is 2.23. The summed E-state index contributed by atoms with van der Waals surface area (Å²) < 4.78 is 0. The minimum absolute atomic E-state index is 0.393. The fraction of sp³-hybridized carbons (Fsp3) is 0.667. The SMILES string of the molecule is CNCCCCCNC1C#CC=CC1. The first-order chi connectivity index (χ1) is 6.93. The van der Waals surface area contributed by atoms with Gasteiger partial charge in [0.2, 0.25) is 0 Å². The Balaban J connectivity index is 1.90. The molecule has 1 rings (SSSR count). The molecule has 1 aliphatic rings. The van der Waals surface area contributed by atoms with Crippen molar-refractivity contribution >= 4 is 0 Å². The highest BCUT2D eigenvalue weighted by Gasteiger charge is 2.02. The van der Waals surface area contributed by atoms with Gasteiger partial charge >= 0.3 is 0 Å². The molecule has 1 unspecified atom stereocenters. The van der Waals surface area contributed by atoms with Crippen molar-refractivity contribution in [1.82, 2.24) is 10.6 Å². The van der Waals surface area contributed by atoms with Crippen LogP contribution >= 0.6 is 0 Å². The van der Waals surface area contributed by atoms with Crippen molar-refractivity contribution in [3.63, 3.8) is 0 Å². The second kappa shape index (κ2) is 7.61. The van der Waals surface area contributed by atoms with E-state index in [0.717, 1.165) is 19.5 Å². The van der Waals surface area contributed by atoms with Crippen molar-refractivity contribution in [1.29, 1.82) is 0 Å². The van der Waals surface area contributed by atoms with Crippen LogP contribution in [-0.4, -0.2) is 26.2 Å². The molecule has 14 heavy (non-hydrogen) atoms. The van der Waals surface area contributed by atoms with Crippen LogP contribution < -0.4 is 10.6 Å². The Morgan fingerprint density at radius 1 is 1.29 bits per heavy atom. The molecule has 2 N–H and O–H groups in total. The molecule has 0 amide bonds. The largest absolute Gasteiger partial charge is 0.320 e. The molecule has 0 heterocycles.